The van der Waals surface area contributed by atoms with Crippen LogP contribution in [0.15, 0.2) is 24.3 Å². The number of nitriles is 1. The molecule has 0 N–H and O–H groups in total. The highest BCUT2D eigenvalue weighted by Gasteiger charge is 2.32. The number of hydrogen-bond acceptors (Lipinski definition) is 4. The van der Waals surface area contributed by atoms with Crippen molar-refractivity contribution in [1.29, 1.82) is 5.26 Å². The zero-order chi connectivity index (χ0) is 25.6. The number of hydrogen-bond donors (Lipinski definition) is 0. The van der Waals surface area contributed by atoms with E-state index in [-0.39, 0.29) is 29.7 Å². The van der Waals surface area contributed by atoms with E-state index >= 15 is 0 Å². The van der Waals surface area contributed by atoms with Crippen molar-refractivity contribution in [2.24, 2.45) is 5.92 Å². The number of rotatable bonds is 8. The van der Waals surface area contributed by atoms with Gasteiger partial charge in [-0.1, -0.05) is 18.1 Å². The minimum atomic E-state index is -2.39. The number of ketones is 1. The third kappa shape index (κ3) is 6.87. The van der Waals surface area contributed by atoms with E-state index in [9.17, 15) is 31.5 Å². The third-order valence-corrected chi connectivity index (χ3v) is 4.53. The molecule has 2 aromatic rings. The summed E-state index contributed by atoms with van der Waals surface area (Å²) in [4.78, 5) is 25.2. The summed E-state index contributed by atoms with van der Waals surface area (Å²) in [5.74, 6) is -11.4. The van der Waals surface area contributed by atoms with Crippen molar-refractivity contribution in [1.82, 2.24) is 0 Å². The molecule has 0 fully saturated rings. The third-order valence-electron chi connectivity index (χ3n) is 4.53. The Labute approximate surface area is 192 Å². The predicted molar refractivity (Wildman–Crippen MR) is 111 cm³/mol. The average Bonchev–Trinajstić information content (AvgIpc) is 2.77. The second-order valence-corrected chi connectivity index (χ2v) is 8.47. The summed E-state index contributed by atoms with van der Waals surface area (Å²) in [7, 11) is 5.21. The maximum absolute atomic E-state index is 14.0. The predicted octanol–water partition coefficient (Wildman–Crippen LogP) is 3.69. The van der Waals surface area contributed by atoms with Gasteiger partial charge in [0, 0.05) is 17.9 Å². The van der Waals surface area contributed by atoms with Gasteiger partial charge in [-0.3, -0.25) is 9.59 Å². The number of carbonyl (C=O) groups is 2. The first-order valence-corrected chi connectivity index (χ1v) is 9.88. The molecule has 10 heteroatoms. The highest BCUT2D eigenvalue weighted by molar-refractivity contribution is 5.86. The topological polar surface area (TPSA) is 67.2 Å². The molecule has 34 heavy (non-hydrogen) atoms. The van der Waals surface area contributed by atoms with Crippen molar-refractivity contribution in [3.05, 3.63) is 64.5 Å². The summed E-state index contributed by atoms with van der Waals surface area (Å²) in [6.45, 7) is 0.0228. The van der Waals surface area contributed by atoms with Gasteiger partial charge in [-0.15, -0.1) is 0 Å². The molecular weight excluding hydrogens is 459 g/mol. The largest absolute Gasteiger partial charge is 0.420 e. The van der Waals surface area contributed by atoms with Crippen LogP contribution in [-0.4, -0.2) is 43.9 Å². The molecule has 0 amide bonds. The Morgan fingerprint density at radius 3 is 1.97 bits per heavy atom. The molecule has 0 saturated carbocycles. The average molecular weight is 479 g/mol. The lowest BCUT2D eigenvalue weighted by atomic mass is 9.93. The molecule has 1 unspecified atom stereocenters. The van der Waals surface area contributed by atoms with Crippen LogP contribution in [0, 0.1) is 58.2 Å². The molecule has 0 aromatic heterocycles. The summed E-state index contributed by atoms with van der Waals surface area (Å²) in [5, 5.41) is 8.51. The Hall–Kier alpha value is -3.76. The number of quaternary nitrogens is 1. The highest BCUT2D eigenvalue weighted by Crippen LogP contribution is 2.30. The molecule has 0 bridgehead atoms. The standard InChI is InChI=1S/C24H20F5N2O3/c1-31(2,3)13-17(32)12-16(11-15-8-6-14(7-9-15)5-4-10-30)24(33)34-23-21(28)19(26)18(25)20(27)22(23)29/h6-9,16H,11-13H2,1-3H3/q+1. The van der Waals surface area contributed by atoms with Crippen LogP contribution < -0.4 is 4.74 Å². The Morgan fingerprint density at radius 1 is 0.941 bits per heavy atom. The summed E-state index contributed by atoms with van der Waals surface area (Å²) in [6.07, 6.45) is -0.511. The number of ether oxygens (including phenoxy) is 1. The van der Waals surface area contributed by atoms with Crippen LogP contribution in [0.5, 0.6) is 5.75 Å². The van der Waals surface area contributed by atoms with Gasteiger partial charge in [0.15, 0.2) is 11.9 Å². The van der Waals surface area contributed by atoms with Crippen molar-refractivity contribution < 1.29 is 40.8 Å². The molecule has 0 spiro atoms. The fraction of sp³-hybridized carbons (Fsp3) is 0.292. The van der Waals surface area contributed by atoms with Crippen LogP contribution >= 0.6 is 0 Å². The molecule has 0 aliphatic carbocycles. The van der Waals surface area contributed by atoms with E-state index in [2.05, 4.69) is 16.6 Å². The number of carbonyl (C=O) groups excluding carboxylic acids is 2. The van der Waals surface area contributed by atoms with Crippen molar-refractivity contribution in [3.63, 3.8) is 0 Å². The van der Waals surface area contributed by atoms with Crippen LogP contribution in [0.25, 0.3) is 0 Å². The van der Waals surface area contributed by atoms with Crippen LogP contribution in [0.1, 0.15) is 17.5 Å². The SMILES string of the molecule is C[N+](C)(C)CC(=O)CC(Cc1ccc(C#CC#N)cc1)C(=O)Oc1c(F)c(F)c(F)c(F)c1F. The molecule has 178 valence electrons. The van der Waals surface area contributed by atoms with Crippen LogP contribution in [0.4, 0.5) is 22.0 Å². The van der Waals surface area contributed by atoms with Gasteiger partial charge in [0.25, 0.3) is 0 Å². The molecule has 0 radical (unpaired) electrons. The molecule has 0 heterocycles. The van der Waals surface area contributed by atoms with Crippen LogP contribution in [-0.2, 0) is 16.0 Å². The summed E-state index contributed by atoms with van der Waals surface area (Å²) < 4.78 is 73.0. The number of nitrogens with zero attached hydrogens (tertiary/aromatic N) is 2. The van der Waals surface area contributed by atoms with E-state index in [1.165, 1.54) is 0 Å². The Kier molecular flexibility index (Phi) is 8.50. The lowest BCUT2D eigenvalue weighted by Crippen LogP contribution is -2.40. The summed E-state index contributed by atoms with van der Waals surface area (Å²) in [6, 6.07) is 7.89. The van der Waals surface area contributed by atoms with Gasteiger partial charge in [-0.25, -0.2) is 13.2 Å². The maximum Gasteiger partial charge on any atom is 0.315 e. The molecule has 5 nitrogen and oxygen atoms in total. The van der Waals surface area contributed by atoms with Crippen molar-refractivity contribution >= 4 is 11.8 Å². The summed E-state index contributed by atoms with van der Waals surface area (Å²) in [5.41, 5.74) is 1.02. The first-order chi connectivity index (χ1) is 15.8. The van der Waals surface area contributed by atoms with E-state index in [1.807, 2.05) is 0 Å². The zero-order valence-corrected chi connectivity index (χ0v) is 18.5. The maximum atomic E-state index is 14.0. The van der Waals surface area contributed by atoms with E-state index < -0.39 is 46.7 Å². The Morgan fingerprint density at radius 2 is 1.47 bits per heavy atom. The van der Waals surface area contributed by atoms with Crippen LogP contribution in [0.2, 0.25) is 0 Å². The van der Waals surface area contributed by atoms with Crippen molar-refractivity contribution in [2.75, 3.05) is 27.7 Å². The Balaban J connectivity index is 2.35. The van der Waals surface area contributed by atoms with Gasteiger partial charge in [0.1, 0.15) is 6.54 Å². The smallest absolute Gasteiger partial charge is 0.315 e. The van der Waals surface area contributed by atoms with E-state index in [0.29, 0.717) is 11.1 Å². The number of esters is 1. The minimum absolute atomic E-state index is 0.0228. The van der Waals surface area contributed by atoms with Crippen molar-refractivity contribution in [3.8, 4) is 23.7 Å². The second-order valence-electron chi connectivity index (χ2n) is 8.47. The van der Waals surface area contributed by atoms with E-state index in [4.69, 9.17) is 5.26 Å². The first kappa shape index (κ1) is 26.5. The van der Waals surface area contributed by atoms with Gasteiger partial charge in [0.2, 0.25) is 34.8 Å². The molecule has 0 aliphatic rings. The molecule has 2 aromatic carbocycles. The van der Waals surface area contributed by atoms with Crippen LogP contribution in [0.3, 0.4) is 0 Å². The van der Waals surface area contributed by atoms with Gasteiger partial charge in [-0.2, -0.15) is 14.0 Å². The molecule has 0 saturated heterocycles. The quantitative estimate of drug-likeness (QED) is 0.110. The van der Waals surface area contributed by atoms with Crippen molar-refractivity contribution in [2.45, 2.75) is 12.8 Å². The Bertz CT molecular complexity index is 1170. The fourth-order valence-electron chi connectivity index (χ4n) is 3.07. The van der Waals surface area contributed by atoms with Gasteiger partial charge >= 0.3 is 5.97 Å². The molecule has 0 aliphatic heterocycles. The van der Waals surface area contributed by atoms with E-state index in [1.54, 1.807) is 51.5 Å². The first-order valence-electron chi connectivity index (χ1n) is 9.88. The minimum Gasteiger partial charge on any atom is -0.420 e. The number of halogens is 5. The number of benzene rings is 2. The number of Topliss-reactive ketones (excluding diaryl/α,β-unsaturated/α-hetero) is 1. The second kappa shape index (κ2) is 10.9. The molecule has 1 atom stereocenters. The summed E-state index contributed by atoms with van der Waals surface area (Å²) >= 11 is 0. The van der Waals surface area contributed by atoms with Gasteiger partial charge in [-0.05, 0) is 24.1 Å². The molecule has 2 rings (SSSR count). The highest BCUT2D eigenvalue weighted by atomic mass is 19.2. The normalized spacial score (nSPS) is 11.7. The number of likely N-dealkylation sites (N-methyl/N-ethyl adjacent to an activating group) is 1. The lowest BCUT2D eigenvalue weighted by molar-refractivity contribution is -0.862. The lowest BCUT2D eigenvalue weighted by Gasteiger charge is -2.24. The van der Waals surface area contributed by atoms with Gasteiger partial charge in [0.05, 0.1) is 27.1 Å². The monoisotopic (exact) mass is 479 g/mol. The van der Waals surface area contributed by atoms with E-state index in [0.717, 1.165) is 0 Å². The zero-order valence-electron chi connectivity index (χ0n) is 18.5. The van der Waals surface area contributed by atoms with Gasteiger partial charge < -0.3 is 9.22 Å². The molecular formula is C24H20F5N2O3+. The fourth-order valence-corrected chi connectivity index (χ4v) is 3.07.